The van der Waals surface area contributed by atoms with Gasteiger partial charge in [-0.2, -0.15) is 0 Å². The Hall–Kier alpha value is -2.08. The minimum atomic E-state index is -0.266. The molecular weight excluding hydrogens is 474 g/mol. The molecule has 4 fully saturated rings. The van der Waals surface area contributed by atoms with Gasteiger partial charge < -0.3 is 14.5 Å². The van der Waals surface area contributed by atoms with Gasteiger partial charge in [-0.15, -0.1) is 0 Å². The highest BCUT2D eigenvalue weighted by Gasteiger charge is 2.50. The van der Waals surface area contributed by atoms with E-state index in [4.69, 9.17) is 4.74 Å². The third-order valence-corrected chi connectivity index (χ3v) is 10.6. The molecule has 0 aromatic heterocycles. The zero-order valence-electron chi connectivity index (χ0n) is 24.4. The van der Waals surface area contributed by atoms with E-state index in [0.29, 0.717) is 24.5 Å². The summed E-state index contributed by atoms with van der Waals surface area (Å²) in [5.74, 6) is 1.29. The van der Waals surface area contributed by atoms with Crippen LogP contribution in [0, 0.1) is 24.2 Å². The minimum Gasteiger partial charge on any atom is -0.447 e. The van der Waals surface area contributed by atoms with E-state index in [0.717, 1.165) is 45.3 Å². The lowest BCUT2D eigenvalue weighted by Crippen LogP contribution is -2.55. The van der Waals surface area contributed by atoms with E-state index in [1.54, 1.807) is 0 Å². The Kier molecular flexibility index (Phi) is 7.83. The van der Waals surface area contributed by atoms with E-state index < -0.39 is 0 Å². The van der Waals surface area contributed by atoms with Crippen LogP contribution in [0.25, 0.3) is 0 Å². The lowest BCUT2D eigenvalue weighted by atomic mass is 9.63. The number of carbonyl (C=O) groups excluding carboxylic acids is 2. The topological polar surface area (TPSA) is 53.1 Å². The molecule has 210 valence electrons. The number of ether oxygens (including phenoxy) is 1. The smallest absolute Gasteiger partial charge is 0.410 e. The fourth-order valence-corrected chi connectivity index (χ4v) is 7.94. The second-order valence-electron chi connectivity index (χ2n) is 13.7. The predicted molar refractivity (Wildman–Crippen MR) is 151 cm³/mol. The summed E-state index contributed by atoms with van der Waals surface area (Å²) >= 11 is 0. The van der Waals surface area contributed by atoms with Crippen LogP contribution in [0.3, 0.4) is 0 Å². The molecule has 2 heterocycles. The summed E-state index contributed by atoms with van der Waals surface area (Å²) in [6.07, 6.45) is 10.2. The molecule has 2 saturated heterocycles. The minimum absolute atomic E-state index is 0.0415. The van der Waals surface area contributed by atoms with Crippen molar-refractivity contribution in [2.45, 2.75) is 96.1 Å². The van der Waals surface area contributed by atoms with E-state index >= 15 is 0 Å². The standard InChI is InChI=1S/C32H49N3O3/c1-23-11-13-24(14-12-23)27-19-26(33(4)5)20-28(27)29(36)34-17-15-32(16-18-34,25-9-7-6-8-10-25)21-35-30(37)38-22-31(35,2)3/h11-14,25-28H,6-10,15-22H2,1-5H3/t26-,27?,28?/m1/s1. The quantitative estimate of drug-likeness (QED) is 0.470. The molecule has 4 aliphatic rings. The Labute approximate surface area is 230 Å². The first-order valence-electron chi connectivity index (χ1n) is 15.1. The third kappa shape index (κ3) is 5.35. The monoisotopic (exact) mass is 523 g/mol. The summed E-state index contributed by atoms with van der Waals surface area (Å²) in [5, 5.41) is 0. The number of amides is 2. The van der Waals surface area contributed by atoms with Crippen LogP contribution in [0.5, 0.6) is 0 Å². The van der Waals surface area contributed by atoms with E-state index in [9.17, 15) is 9.59 Å². The Bertz CT molecular complexity index is 990. The van der Waals surface area contributed by atoms with Gasteiger partial charge in [0.1, 0.15) is 6.61 Å². The Balaban J connectivity index is 1.33. The van der Waals surface area contributed by atoms with Gasteiger partial charge in [0.15, 0.2) is 0 Å². The van der Waals surface area contributed by atoms with E-state index in [2.05, 4.69) is 68.9 Å². The van der Waals surface area contributed by atoms with Crippen molar-refractivity contribution in [2.75, 3.05) is 40.3 Å². The van der Waals surface area contributed by atoms with E-state index in [1.807, 2.05) is 4.90 Å². The molecular formula is C32H49N3O3. The number of carbonyl (C=O) groups is 2. The molecule has 2 amide bonds. The number of rotatable bonds is 6. The molecule has 0 radical (unpaired) electrons. The second-order valence-corrected chi connectivity index (χ2v) is 13.7. The number of piperidine rings is 1. The van der Waals surface area contributed by atoms with Crippen molar-refractivity contribution in [1.29, 1.82) is 0 Å². The van der Waals surface area contributed by atoms with Crippen molar-refractivity contribution >= 4 is 12.0 Å². The summed E-state index contributed by atoms with van der Waals surface area (Å²) in [4.78, 5) is 33.4. The number of benzene rings is 1. The largest absolute Gasteiger partial charge is 0.447 e. The highest BCUT2D eigenvalue weighted by atomic mass is 16.6. The summed E-state index contributed by atoms with van der Waals surface area (Å²) < 4.78 is 5.49. The molecule has 0 bridgehead atoms. The zero-order chi connectivity index (χ0) is 27.1. The molecule has 0 N–H and O–H groups in total. The lowest BCUT2D eigenvalue weighted by Gasteiger charge is -2.51. The molecule has 1 aromatic rings. The van der Waals surface area contributed by atoms with Gasteiger partial charge in [-0.05, 0) is 96.2 Å². The molecule has 5 rings (SSSR count). The average Bonchev–Trinajstić information content (AvgIpc) is 3.47. The highest BCUT2D eigenvalue weighted by molar-refractivity contribution is 5.80. The fourth-order valence-electron chi connectivity index (χ4n) is 7.94. The van der Waals surface area contributed by atoms with E-state index in [-0.39, 0.29) is 28.9 Å². The van der Waals surface area contributed by atoms with Gasteiger partial charge in [0, 0.05) is 31.6 Å². The van der Waals surface area contributed by atoms with Gasteiger partial charge in [-0.1, -0.05) is 49.1 Å². The van der Waals surface area contributed by atoms with E-state index in [1.165, 1.54) is 43.2 Å². The van der Waals surface area contributed by atoms with Crippen molar-refractivity contribution in [2.24, 2.45) is 17.3 Å². The summed E-state index contributed by atoms with van der Waals surface area (Å²) in [5.41, 5.74) is 2.38. The van der Waals surface area contributed by atoms with Crippen LogP contribution in [-0.2, 0) is 9.53 Å². The van der Waals surface area contributed by atoms with Crippen molar-refractivity contribution in [1.82, 2.24) is 14.7 Å². The Morgan fingerprint density at radius 1 is 1.03 bits per heavy atom. The number of likely N-dealkylation sites (tertiary alicyclic amines) is 1. The highest BCUT2D eigenvalue weighted by Crippen LogP contribution is 2.49. The molecule has 2 aliphatic heterocycles. The van der Waals surface area contributed by atoms with Crippen molar-refractivity contribution in [3.8, 4) is 0 Å². The second kappa shape index (κ2) is 10.8. The van der Waals surface area contributed by atoms with Crippen LogP contribution < -0.4 is 0 Å². The summed E-state index contributed by atoms with van der Waals surface area (Å²) in [7, 11) is 4.29. The Morgan fingerprint density at radius 2 is 1.68 bits per heavy atom. The first-order valence-corrected chi connectivity index (χ1v) is 15.1. The first-order chi connectivity index (χ1) is 18.1. The van der Waals surface area contributed by atoms with Crippen LogP contribution in [0.1, 0.15) is 88.7 Å². The van der Waals surface area contributed by atoms with Crippen LogP contribution in [0.15, 0.2) is 24.3 Å². The van der Waals surface area contributed by atoms with Crippen molar-refractivity contribution < 1.29 is 14.3 Å². The number of hydrogen-bond acceptors (Lipinski definition) is 4. The molecule has 1 aromatic carbocycles. The maximum absolute atomic E-state index is 14.1. The van der Waals surface area contributed by atoms with Crippen LogP contribution in [0.2, 0.25) is 0 Å². The first kappa shape index (κ1) is 27.5. The van der Waals surface area contributed by atoms with Gasteiger partial charge >= 0.3 is 6.09 Å². The Morgan fingerprint density at radius 3 is 2.26 bits per heavy atom. The fraction of sp³-hybridized carbons (Fsp3) is 0.750. The van der Waals surface area contributed by atoms with Gasteiger partial charge in [0.05, 0.1) is 5.54 Å². The lowest BCUT2D eigenvalue weighted by molar-refractivity contribution is -0.139. The predicted octanol–water partition coefficient (Wildman–Crippen LogP) is 5.84. The number of nitrogens with zero attached hydrogens (tertiary/aromatic N) is 3. The maximum atomic E-state index is 14.1. The third-order valence-electron chi connectivity index (χ3n) is 10.6. The zero-order valence-corrected chi connectivity index (χ0v) is 24.4. The molecule has 0 spiro atoms. The van der Waals surface area contributed by atoms with Gasteiger partial charge in [-0.25, -0.2) is 4.79 Å². The molecule has 2 unspecified atom stereocenters. The van der Waals surface area contributed by atoms with Crippen LogP contribution in [0.4, 0.5) is 4.79 Å². The van der Waals surface area contributed by atoms with Gasteiger partial charge in [0.25, 0.3) is 0 Å². The van der Waals surface area contributed by atoms with Crippen molar-refractivity contribution in [3.05, 3.63) is 35.4 Å². The molecule has 6 heteroatoms. The number of aryl methyl sites for hydroxylation is 1. The van der Waals surface area contributed by atoms with Crippen molar-refractivity contribution in [3.63, 3.8) is 0 Å². The molecule has 38 heavy (non-hydrogen) atoms. The molecule has 6 nitrogen and oxygen atoms in total. The summed E-state index contributed by atoms with van der Waals surface area (Å²) in [6.45, 7) is 9.22. The molecule has 2 saturated carbocycles. The SMILES string of the molecule is Cc1ccc(C2C[C@@H](N(C)C)CC2C(=O)N2CCC(CN3C(=O)OCC3(C)C)(C3CCCCC3)CC2)cc1. The van der Waals surface area contributed by atoms with Crippen LogP contribution >= 0.6 is 0 Å². The average molecular weight is 524 g/mol. The normalized spacial score (nSPS) is 29.6. The molecule has 3 atom stereocenters. The maximum Gasteiger partial charge on any atom is 0.410 e. The van der Waals surface area contributed by atoms with Gasteiger partial charge in [-0.3, -0.25) is 9.69 Å². The van der Waals surface area contributed by atoms with Gasteiger partial charge in [0.2, 0.25) is 5.91 Å². The number of cyclic esters (lactones) is 1. The number of hydrogen-bond donors (Lipinski definition) is 0. The van der Waals surface area contributed by atoms with Crippen LogP contribution in [-0.4, -0.2) is 78.6 Å². The molecule has 2 aliphatic carbocycles. The summed E-state index contributed by atoms with van der Waals surface area (Å²) in [6, 6.07) is 9.28.